The van der Waals surface area contributed by atoms with Crippen LogP contribution in [0.15, 0.2) is 16.8 Å². The number of hydrogen-bond donors (Lipinski definition) is 0. The summed E-state index contributed by atoms with van der Waals surface area (Å²) in [5, 5.41) is 3.95. The van der Waals surface area contributed by atoms with Gasteiger partial charge in [-0.1, -0.05) is 19.3 Å². The van der Waals surface area contributed by atoms with Gasteiger partial charge in [0.2, 0.25) is 0 Å². The van der Waals surface area contributed by atoms with E-state index in [1.54, 1.807) is 11.3 Å². The molecule has 0 aliphatic heterocycles. The second kappa shape index (κ2) is 4.05. The zero-order valence-corrected chi connectivity index (χ0v) is 8.48. The van der Waals surface area contributed by atoms with Crippen molar-refractivity contribution in [2.24, 2.45) is 5.92 Å². The van der Waals surface area contributed by atoms with Gasteiger partial charge in [0.05, 0.1) is 0 Å². The number of carbonyl (C=O) groups is 1. The second-order valence-corrected chi connectivity index (χ2v) is 4.49. The van der Waals surface area contributed by atoms with Crippen molar-refractivity contribution < 1.29 is 4.79 Å². The predicted molar refractivity (Wildman–Crippen MR) is 55.2 cm³/mol. The summed E-state index contributed by atoms with van der Waals surface area (Å²) in [7, 11) is 0. The summed E-state index contributed by atoms with van der Waals surface area (Å²) < 4.78 is 0. The van der Waals surface area contributed by atoms with E-state index < -0.39 is 0 Å². The minimum atomic E-state index is 0.323. The van der Waals surface area contributed by atoms with Crippen LogP contribution in [0.25, 0.3) is 0 Å². The SMILES string of the molecule is O=C(c1ccsc1)C1CCCCC1. The highest BCUT2D eigenvalue weighted by molar-refractivity contribution is 7.08. The lowest BCUT2D eigenvalue weighted by Gasteiger charge is -2.19. The Bertz CT molecular complexity index is 270. The Morgan fingerprint density at radius 2 is 2.08 bits per heavy atom. The molecule has 1 aromatic rings. The lowest BCUT2D eigenvalue weighted by Crippen LogP contribution is -2.17. The van der Waals surface area contributed by atoms with Crippen LogP contribution in [0.3, 0.4) is 0 Å². The standard InChI is InChI=1S/C11H14OS/c12-11(10-6-7-13-8-10)9-4-2-1-3-5-9/h6-9H,1-5H2. The Kier molecular flexibility index (Phi) is 2.79. The Morgan fingerprint density at radius 3 is 2.69 bits per heavy atom. The van der Waals surface area contributed by atoms with Gasteiger partial charge in [0, 0.05) is 16.9 Å². The molecule has 1 aromatic heterocycles. The van der Waals surface area contributed by atoms with Gasteiger partial charge in [0.1, 0.15) is 0 Å². The van der Waals surface area contributed by atoms with Crippen molar-refractivity contribution in [1.82, 2.24) is 0 Å². The zero-order chi connectivity index (χ0) is 9.10. The summed E-state index contributed by atoms with van der Waals surface area (Å²) in [6.45, 7) is 0. The fraction of sp³-hybridized carbons (Fsp3) is 0.545. The van der Waals surface area contributed by atoms with Crippen molar-refractivity contribution in [1.29, 1.82) is 0 Å². The molecule has 13 heavy (non-hydrogen) atoms. The van der Waals surface area contributed by atoms with Crippen molar-refractivity contribution in [2.75, 3.05) is 0 Å². The first-order valence-electron chi connectivity index (χ1n) is 4.94. The van der Waals surface area contributed by atoms with Gasteiger partial charge in [0.15, 0.2) is 5.78 Å². The number of carbonyl (C=O) groups excluding carboxylic acids is 1. The first-order valence-corrected chi connectivity index (χ1v) is 5.88. The first kappa shape index (κ1) is 8.95. The molecule has 1 nitrogen and oxygen atoms in total. The maximum absolute atomic E-state index is 11.9. The van der Waals surface area contributed by atoms with Crippen molar-refractivity contribution >= 4 is 17.1 Å². The summed E-state index contributed by atoms with van der Waals surface area (Å²) in [4.78, 5) is 11.9. The molecule has 0 N–H and O–H groups in total. The summed E-state index contributed by atoms with van der Waals surface area (Å²) in [5.41, 5.74) is 0.928. The van der Waals surface area contributed by atoms with Crippen LogP contribution in [0.2, 0.25) is 0 Å². The highest BCUT2D eigenvalue weighted by Crippen LogP contribution is 2.27. The van der Waals surface area contributed by atoms with E-state index in [2.05, 4.69) is 0 Å². The Balaban J connectivity index is 2.04. The normalized spacial score (nSPS) is 18.8. The average Bonchev–Trinajstić information content (AvgIpc) is 2.71. The molecule has 0 unspecified atom stereocenters. The number of thiophene rings is 1. The topological polar surface area (TPSA) is 17.1 Å². The Morgan fingerprint density at radius 1 is 1.31 bits per heavy atom. The van der Waals surface area contributed by atoms with Gasteiger partial charge in [0.25, 0.3) is 0 Å². The van der Waals surface area contributed by atoms with E-state index >= 15 is 0 Å². The van der Waals surface area contributed by atoms with E-state index in [9.17, 15) is 4.79 Å². The monoisotopic (exact) mass is 194 g/mol. The van der Waals surface area contributed by atoms with Crippen molar-refractivity contribution in [3.05, 3.63) is 22.4 Å². The molecule has 0 aromatic carbocycles. The molecule has 70 valence electrons. The molecular formula is C11H14OS. The van der Waals surface area contributed by atoms with E-state index in [1.807, 2.05) is 16.8 Å². The van der Waals surface area contributed by atoms with Crippen LogP contribution in [0.4, 0.5) is 0 Å². The maximum Gasteiger partial charge on any atom is 0.166 e. The number of Topliss-reactive ketones (excluding diaryl/α,β-unsaturated/α-hetero) is 1. The van der Waals surface area contributed by atoms with Crippen LogP contribution < -0.4 is 0 Å². The van der Waals surface area contributed by atoms with Crippen molar-refractivity contribution in [2.45, 2.75) is 32.1 Å². The second-order valence-electron chi connectivity index (χ2n) is 3.71. The van der Waals surface area contributed by atoms with E-state index in [0.29, 0.717) is 11.7 Å². The average molecular weight is 194 g/mol. The smallest absolute Gasteiger partial charge is 0.166 e. The third-order valence-corrected chi connectivity index (χ3v) is 3.46. The molecule has 0 spiro atoms. The summed E-state index contributed by atoms with van der Waals surface area (Å²) in [6, 6.07) is 1.95. The number of rotatable bonds is 2. The maximum atomic E-state index is 11.9. The summed E-state index contributed by atoms with van der Waals surface area (Å²) >= 11 is 1.61. The van der Waals surface area contributed by atoms with Gasteiger partial charge in [-0.25, -0.2) is 0 Å². The first-order chi connectivity index (χ1) is 6.38. The van der Waals surface area contributed by atoms with Gasteiger partial charge >= 0.3 is 0 Å². The van der Waals surface area contributed by atoms with Crippen LogP contribution in [0, 0.1) is 5.92 Å². The van der Waals surface area contributed by atoms with Gasteiger partial charge in [-0.15, -0.1) is 0 Å². The van der Waals surface area contributed by atoms with E-state index in [4.69, 9.17) is 0 Å². The highest BCUT2D eigenvalue weighted by Gasteiger charge is 2.22. The molecule has 1 saturated carbocycles. The molecular weight excluding hydrogens is 180 g/mol. The molecule has 0 atom stereocenters. The zero-order valence-electron chi connectivity index (χ0n) is 7.66. The predicted octanol–water partition coefficient (Wildman–Crippen LogP) is 3.51. The van der Waals surface area contributed by atoms with Crippen molar-refractivity contribution in [3.8, 4) is 0 Å². The summed E-state index contributed by atoms with van der Waals surface area (Å²) in [5.74, 6) is 0.698. The largest absolute Gasteiger partial charge is 0.294 e. The molecule has 1 aliphatic rings. The quantitative estimate of drug-likeness (QED) is 0.658. The van der Waals surface area contributed by atoms with Crippen LogP contribution in [-0.4, -0.2) is 5.78 Å². The molecule has 0 bridgehead atoms. The van der Waals surface area contributed by atoms with E-state index in [-0.39, 0.29) is 0 Å². The third-order valence-electron chi connectivity index (χ3n) is 2.78. The van der Waals surface area contributed by atoms with Gasteiger partial charge in [-0.05, 0) is 24.3 Å². The van der Waals surface area contributed by atoms with Gasteiger partial charge < -0.3 is 0 Å². The molecule has 1 aliphatic carbocycles. The lowest BCUT2D eigenvalue weighted by molar-refractivity contribution is 0.0890. The molecule has 0 amide bonds. The molecule has 2 rings (SSSR count). The van der Waals surface area contributed by atoms with Crippen molar-refractivity contribution in [3.63, 3.8) is 0 Å². The third kappa shape index (κ3) is 1.99. The fourth-order valence-electron chi connectivity index (χ4n) is 2.01. The van der Waals surface area contributed by atoms with E-state index in [1.165, 1.54) is 19.3 Å². The lowest BCUT2D eigenvalue weighted by atomic mass is 9.84. The molecule has 1 fully saturated rings. The van der Waals surface area contributed by atoms with Crippen LogP contribution in [0.1, 0.15) is 42.5 Å². The Labute approximate surface area is 82.8 Å². The number of hydrogen-bond acceptors (Lipinski definition) is 2. The summed E-state index contributed by atoms with van der Waals surface area (Å²) in [6.07, 6.45) is 6.00. The van der Waals surface area contributed by atoms with Gasteiger partial charge in [-0.2, -0.15) is 11.3 Å². The minimum Gasteiger partial charge on any atom is -0.294 e. The van der Waals surface area contributed by atoms with Crippen LogP contribution in [0.5, 0.6) is 0 Å². The van der Waals surface area contributed by atoms with Crippen LogP contribution in [-0.2, 0) is 0 Å². The molecule has 1 heterocycles. The van der Waals surface area contributed by atoms with Gasteiger partial charge in [-0.3, -0.25) is 4.79 Å². The Hall–Kier alpha value is -0.630. The minimum absolute atomic E-state index is 0.323. The van der Waals surface area contributed by atoms with Crippen LogP contribution >= 0.6 is 11.3 Å². The van der Waals surface area contributed by atoms with E-state index in [0.717, 1.165) is 18.4 Å². The molecule has 0 saturated heterocycles. The molecule has 2 heteroatoms. The molecule has 0 radical (unpaired) electrons. The fourth-order valence-corrected chi connectivity index (χ4v) is 2.65. The number of ketones is 1. The highest BCUT2D eigenvalue weighted by atomic mass is 32.1.